The van der Waals surface area contributed by atoms with Gasteiger partial charge in [0.05, 0.1) is 39.4 Å². The molecule has 0 saturated carbocycles. The third-order valence-electron chi connectivity index (χ3n) is 7.86. The molecule has 2 heterocycles. The summed E-state index contributed by atoms with van der Waals surface area (Å²) in [6.07, 6.45) is -3.10. The maximum absolute atomic E-state index is 14.6. The van der Waals surface area contributed by atoms with Crippen molar-refractivity contribution in [2.45, 2.75) is 37.0 Å². The molecule has 2 aliphatic rings. The number of carboxylic acid groups (broad SMARTS) is 1. The lowest BCUT2D eigenvalue weighted by atomic mass is 10.0. The molecule has 0 unspecified atom stereocenters. The summed E-state index contributed by atoms with van der Waals surface area (Å²) in [5, 5.41) is 9.74. The number of hydrogen-bond donors (Lipinski definition) is 1. The van der Waals surface area contributed by atoms with Crippen molar-refractivity contribution < 1.29 is 35.9 Å². The topological polar surface area (TPSA) is 81.2 Å². The van der Waals surface area contributed by atoms with Gasteiger partial charge in [0.1, 0.15) is 11.9 Å². The molecule has 1 N–H and O–H groups in total. The first-order chi connectivity index (χ1) is 20.2. The number of fused-ring (bicyclic) bond motifs is 3. The van der Waals surface area contributed by atoms with E-state index in [1.165, 1.54) is 12.1 Å². The van der Waals surface area contributed by atoms with Crippen LogP contribution in [0.5, 0.6) is 0 Å². The Labute approximate surface area is 251 Å². The number of aliphatic carboxylic acids is 1. The van der Waals surface area contributed by atoms with Crippen molar-refractivity contribution in [2.24, 2.45) is 0 Å². The fraction of sp³-hybridized carbons (Fsp3) is 0.300. The van der Waals surface area contributed by atoms with Crippen molar-refractivity contribution >= 4 is 50.6 Å². The molecule has 2 aliphatic heterocycles. The molecule has 43 heavy (non-hydrogen) atoms. The number of piperazine rings is 1. The van der Waals surface area contributed by atoms with Gasteiger partial charge >= 0.3 is 12.1 Å². The van der Waals surface area contributed by atoms with Crippen LogP contribution in [0.25, 0.3) is 11.6 Å². The number of sulfonamides is 1. The zero-order chi connectivity index (χ0) is 31.3. The van der Waals surface area contributed by atoms with Crippen molar-refractivity contribution in [3.05, 3.63) is 88.2 Å². The number of allylic oxidation sites excluding steroid dienone is 1. The highest BCUT2D eigenvalue weighted by Gasteiger charge is 2.42. The van der Waals surface area contributed by atoms with E-state index in [0.717, 1.165) is 22.5 Å². The third-order valence-corrected chi connectivity index (χ3v) is 9.95. The molecule has 0 aromatic heterocycles. The van der Waals surface area contributed by atoms with Crippen LogP contribution < -0.4 is 9.21 Å². The predicted molar refractivity (Wildman–Crippen MR) is 157 cm³/mol. The Kier molecular flexibility index (Phi) is 8.23. The number of rotatable bonds is 6. The van der Waals surface area contributed by atoms with E-state index < -0.39 is 50.5 Å². The van der Waals surface area contributed by atoms with E-state index in [9.17, 15) is 35.9 Å². The first kappa shape index (κ1) is 30.8. The zero-order valence-electron chi connectivity index (χ0n) is 23.1. The van der Waals surface area contributed by atoms with Gasteiger partial charge < -0.3 is 10.0 Å². The minimum absolute atomic E-state index is 0.125. The summed E-state index contributed by atoms with van der Waals surface area (Å²) in [7, 11) is -4.50. The lowest BCUT2D eigenvalue weighted by Crippen LogP contribution is -2.62. The summed E-state index contributed by atoms with van der Waals surface area (Å²) in [6, 6.07) is 11.7. The second kappa shape index (κ2) is 11.5. The van der Waals surface area contributed by atoms with Gasteiger partial charge in [-0.15, -0.1) is 0 Å². The van der Waals surface area contributed by atoms with E-state index in [1.54, 1.807) is 49.1 Å². The molecule has 1 saturated heterocycles. The van der Waals surface area contributed by atoms with Gasteiger partial charge in [0.2, 0.25) is 0 Å². The Balaban J connectivity index is 1.61. The number of anilines is 2. The van der Waals surface area contributed by atoms with Crippen LogP contribution in [-0.2, 0) is 21.0 Å². The van der Waals surface area contributed by atoms with Gasteiger partial charge in [-0.05, 0) is 67.4 Å². The highest BCUT2D eigenvalue weighted by Crippen LogP contribution is 2.42. The molecule has 2 atom stereocenters. The van der Waals surface area contributed by atoms with Crippen LogP contribution in [0.15, 0.2) is 65.6 Å². The molecule has 3 aromatic carbocycles. The molecule has 0 aliphatic carbocycles. The standard InChI is InChI=1S/C30H28ClF4N3O4S/c1-18(28-24(31)7-4-8-25(28)32)13-20-9-10-26-27(14-20)38(17-22-16-36(11-12-37(22)26)19(2)29(39)40)43(41,42)23-6-3-5-21(15-23)30(33,34)35/h3-10,13-15,19,22H,11-12,16-17H2,1-2H3,(H,39,40)/b18-13+/t19-,22+/m1/s1. The SMILES string of the molecule is C/C(=C\c1ccc2c(c1)N(S(=O)(=O)c1cccc(C(F)(F)F)c1)C[C@@H]1CN([C@H](C)C(=O)O)CCN21)c1c(F)cccc1Cl. The second-order valence-corrected chi connectivity index (χ2v) is 12.9. The minimum atomic E-state index is -4.75. The number of carboxylic acids is 1. The number of benzene rings is 3. The van der Waals surface area contributed by atoms with E-state index in [-0.39, 0.29) is 29.4 Å². The maximum atomic E-state index is 14.6. The summed E-state index contributed by atoms with van der Waals surface area (Å²) in [5.41, 5.74) is 0.888. The van der Waals surface area contributed by atoms with Gasteiger partial charge in [-0.3, -0.25) is 14.0 Å². The van der Waals surface area contributed by atoms with Crippen LogP contribution in [0, 0.1) is 5.82 Å². The average Bonchev–Trinajstić information content (AvgIpc) is 2.95. The molecular formula is C30H28ClF4N3O4S. The first-order valence-electron chi connectivity index (χ1n) is 13.4. The van der Waals surface area contributed by atoms with E-state index in [1.807, 2.05) is 4.90 Å². The largest absolute Gasteiger partial charge is 0.480 e. The Bertz CT molecular complexity index is 1690. The van der Waals surface area contributed by atoms with Crippen LogP contribution >= 0.6 is 11.6 Å². The lowest BCUT2D eigenvalue weighted by Gasteiger charge is -2.49. The quantitative estimate of drug-likeness (QED) is 0.255. The van der Waals surface area contributed by atoms with E-state index >= 15 is 0 Å². The Morgan fingerprint density at radius 2 is 1.77 bits per heavy atom. The first-order valence-corrected chi connectivity index (χ1v) is 15.2. The predicted octanol–water partition coefficient (Wildman–Crippen LogP) is 6.23. The van der Waals surface area contributed by atoms with Crippen molar-refractivity contribution in [1.82, 2.24) is 4.90 Å². The molecule has 0 spiro atoms. The van der Waals surface area contributed by atoms with Gasteiger partial charge in [-0.2, -0.15) is 13.2 Å². The van der Waals surface area contributed by atoms with Gasteiger partial charge in [0.25, 0.3) is 10.0 Å². The number of halogens is 5. The van der Waals surface area contributed by atoms with E-state index in [2.05, 4.69) is 0 Å². The highest BCUT2D eigenvalue weighted by atomic mass is 35.5. The molecule has 1 fully saturated rings. The fourth-order valence-corrected chi connectivity index (χ4v) is 7.47. The van der Waals surface area contributed by atoms with Gasteiger partial charge in [0, 0.05) is 25.2 Å². The molecule has 0 bridgehead atoms. The van der Waals surface area contributed by atoms with E-state index in [4.69, 9.17) is 11.6 Å². The van der Waals surface area contributed by atoms with Gasteiger partial charge in [-0.1, -0.05) is 35.9 Å². The maximum Gasteiger partial charge on any atom is 0.416 e. The van der Waals surface area contributed by atoms with Crippen molar-refractivity contribution in [2.75, 3.05) is 35.4 Å². The summed E-state index contributed by atoms with van der Waals surface area (Å²) in [6.45, 7) is 4.14. The Morgan fingerprint density at radius 1 is 1.05 bits per heavy atom. The highest BCUT2D eigenvalue weighted by molar-refractivity contribution is 7.92. The normalized spacial score (nSPS) is 18.7. The zero-order valence-corrected chi connectivity index (χ0v) is 24.7. The number of carbonyl (C=O) groups is 1. The molecule has 7 nitrogen and oxygen atoms in total. The number of hydrogen-bond acceptors (Lipinski definition) is 5. The van der Waals surface area contributed by atoms with Crippen molar-refractivity contribution in [1.29, 1.82) is 0 Å². The van der Waals surface area contributed by atoms with Crippen LogP contribution in [0.1, 0.15) is 30.5 Å². The summed E-state index contributed by atoms with van der Waals surface area (Å²) >= 11 is 6.24. The molecule has 0 radical (unpaired) electrons. The van der Waals surface area contributed by atoms with Crippen LogP contribution in [0.4, 0.5) is 28.9 Å². The smallest absolute Gasteiger partial charge is 0.416 e. The molecular weight excluding hydrogens is 610 g/mol. The molecule has 3 aromatic rings. The Morgan fingerprint density at radius 3 is 2.44 bits per heavy atom. The molecule has 13 heteroatoms. The fourth-order valence-electron chi connectivity index (χ4n) is 5.61. The number of alkyl halides is 3. The summed E-state index contributed by atoms with van der Waals surface area (Å²) < 4.78 is 84.2. The lowest BCUT2D eigenvalue weighted by molar-refractivity contribution is -0.143. The van der Waals surface area contributed by atoms with E-state index in [0.29, 0.717) is 36.0 Å². The number of nitrogens with zero attached hydrogens (tertiary/aromatic N) is 3. The summed E-state index contributed by atoms with van der Waals surface area (Å²) in [5.74, 6) is -1.54. The summed E-state index contributed by atoms with van der Waals surface area (Å²) in [4.78, 5) is 14.9. The molecule has 5 rings (SSSR count). The average molecular weight is 638 g/mol. The van der Waals surface area contributed by atoms with Crippen LogP contribution in [0.3, 0.4) is 0 Å². The van der Waals surface area contributed by atoms with Gasteiger partial charge in [0.15, 0.2) is 0 Å². The second-order valence-electron chi connectivity index (χ2n) is 10.6. The van der Waals surface area contributed by atoms with Gasteiger partial charge in [-0.25, -0.2) is 12.8 Å². The molecule has 228 valence electrons. The van der Waals surface area contributed by atoms with Crippen LogP contribution in [0.2, 0.25) is 5.02 Å². The van der Waals surface area contributed by atoms with Crippen molar-refractivity contribution in [3.8, 4) is 0 Å². The monoisotopic (exact) mass is 637 g/mol. The third kappa shape index (κ3) is 5.96. The Hall–Kier alpha value is -3.61. The molecule has 0 amide bonds. The van der Waals surface area contributed by atoms with Crippen LogP contribution in [-0.4, -0.2) is 62.7 Å². The minimum Gasteiger partial charge on any atom is -0.480 e. The van der Waals surface area contributed by atoms with Crippen molar-refractivity contribution in [3.63, 3.8) is 0 Å².